The molecule has 4 heteroatoms. The standard InChI is InChI=1S/C13H18O4/c1-4-13(3,16)8-17-10-5-6-11(12(14)15)9(2)7-10/h5-7,16H,4,8H2,1-3H3,(H,14,15). The molecular formula is C13H18O4. The Morgan fingerprint density at radius 1 is 1.47 bits per heavy atom. The Balaban J connectivity index is 2.75. The van der Waals surface area contributed by atoms with E-state index in [-0.39, 0.29) is 12.2 Å². The second-order valence-electron chi connectivity index (χ2n) is 4.42. The summed E-state index contributed by atoms with van der Waals surface area (Å²) in [5.74, 6) is -0.379. The third kappa shape index (κ3) is 3.75. The summed E-state index contributed by atoms with van der Waals surface area (Å²) in [7, 11) is 0. The summed E-state index contributed by atoms with van der Waals surface area (Å²) in [6.45, 7) is 5.48. The maximum atomic E-state index is 10.8. The van der Waals surface area contributed by atoms with E-state index in [0.717, 1.165) is 0 Å². The van der Waals surface area contributed by atoms with Gasteiger partial charge in [0.15, 0.2) is 0 Å². The van der Waals surface area contributed by atoms with Crippen molar-refractivity contribution in [1.29, 1.82) is 0 Å². The Bertz CT molecular complexity index is 410. The molecule has 0 aliphatic heterocycles. The lowest BCUT2D eigenvalue weighted by atomic mass is 10.1. The summed E-state index contributed by atoms with van der Waals surface area (Å²) in [6, 6.07) is 4.77. The maximum absolute atomic E-state index is 10.8. The highest BCUT2D eigenvalue weighted by Crippen LogP contribution is 2.19. The Kier molecular flexibility index (Phi) is 4.12. The van der Waals surface area contributed by atoms with Crippen molar-refractivity contribution in [3.8, 4) is 5.75 Å². The summed E-state index contributed by atoms with van der Waals surface area (Å²) >= 11 is 0. The van der Waals surface area contributed by atoms with Gasteiger partial charge in [0, 0.05) is 0 Å². The van der Waals surface area contributed by atoms with Crippen LogP contribution in [0.5, 0.6) is 5.75 Å². The molecule has 0 aromatic heterocycles. The van der Waals surface area contributed by atoms with Gasteiger partial charge < -0.3 is 14.9 Å². The van der Waals surface area contributed by atoms with Gasteiger partial charge in [0.1, 0.15) is 12.4 Å². The van der Waals surface area contributed by atoms with E-state index in [4.69, 9.17) is 9.84 Å². The van der Waals surface area contributed by atoms with E-state index in [1.54, 1.807) is 26.0 Å². The molecule has 0 aliphatic carbocycles. The minimum atomic E-state index is -0.949. The number of benzene rings is 1. The summed E-state index contributed by atoms with van der Waals surface area (Å²) in [5, 5.41) is 18.7. The normalized spacial score (nSPS) is 14.1. The average Bonchev–Trinajstić information content (AvgIpc) is 2.26. The fourth-order valence-electron chi connectivity index (χ4n) is 1.31. The molecule has 0 fully saturated rings. The van der Waals surface area contributed by atoms with Crippen molar-refractivity contribution in [2.24, 2.45) is 0 Å². The van der Waals surface area contributed by atoms with Gasteiger partial charge in [0.2, 0.25) is 0 Å². The lowest BCUT2D eigenvalue weighted by molar-refractivity contribution is 0.00842. The highest BCUT2D eigenvalue weighted by Gasteiger charge is 2.18. The first-order valence-corrected chi connectivity index (χ1v) is 5.55. The van der Waals surface area contributed by atoms with Crippen molar-refractivity contribution in [3.63, 3.8) is 0 Å². The SMILES string of the molecule is CCC(C)(O)COc1ccc(C(=O)O)c(C)c1. The molecule has 0 heterocycles. The van der Waals surface area contributed by atoms with Gasteiger partial charge in [0.05, 0.1) is 11.2 Å². The smallest absolute Gasteiger partial charge is 0.335 e. The van der Waals surface area contributed by atoms with Gasteiger partial charge in [0.25, 0.3) is 0 Å². The van der Waals surface area contributed by atoms with E-state index in [1.165, 1.54) is 6.07 Å². The number of aliphatic hydroxyl groups is 1. The van der Waals surface area contributed by atoms with Crippen LogP contribution in [0.25, 0.3) is 0 Å². The van der Waals surface area contributed by atoms with Crippen LogP contribution in [0.2, 0.25) is 0 Å². The molecule has 0 radical (unpaired) electrons. The van der Waals surface area contributed by atoms with Crippen molar-refractivity contribution in [2.75, 3.05) is 6.61 Å². The quantitative estimate of drug-likeness (QED) is 0.825. The fraction of sp³-hybridized carbons (Fsp3) is 0.462. The number of aromatic carboxylic acids is 1. The number of carbonyl (C=O) groups is 1. The number of ether oxygens (including phenoxy) is 1. The molecule has 94 valence electrons. The van der Waals surface area contributed by atoms with Crippen LogP contribution in [-0.2, 0) is 0 Å². The second-order valence-corrected chi connectivity index (χ2v) is 4.42. The van der Waals surface area contributed by atoms with Crippen molar-refractivity contribution in [3.05, 3.63) is 29.3 Å². The zero-order valence-corrected chi connectivity index (χ0v) is 10.4. The Morgan fingerprint density at radius 3 is 2.59 bits per heavy atom. The molecule has 17 heavy (non-hydrogen) atoms. The summed E-state index contributed by atoms with van der Waals surface area (Å²) < 4.78 is 5.43. The Labute approximate surface area is 101 Å². The first-order valence-electron chi connectivity index (χ1n) is 5.55. The number of rotatable bonds is 5. The van der Waals surface area contributed by atoms with Crippen molar-refractivity contribution in [1.82, 2.24) is 0 Å². The lowest BCUT2D eigenvalue weighted by Gasteiger charge is -2.21. The Morgan fingerprint density at radius 2 is 2.12 bits per heavy atom. The van der Waals surface area contributed by atoms with E-state index in [2.05, 4.69) is 0 Å². The molecule has 2 N–H and O–H groups in total. The molecule has 0 saturated heterocycles. The summed E-state index contributed by atoms with van der Waals surface area (Å²) in [6.07, 6.45) is 0.596. The van der Waals surface area contributed by atoms with Gasteiger partial charge >= 0.3 is 5.97 Å². The average molecular weight is 238 g/mol. The van der Waals surface area contributed by atoms with Crippen LogP contribution in [0.1, 0.15) is 36.2 Å². The van der Waals surface area contributed by atoms with Crippen molar-refractivity contribution < 1.29 is 19.7 Å². The Hall–Kier alpha value is -1.55. The first-order chi connectivity index (χ1) is 7.85. The molecule has 1 rings (SSSR count). The summed E-state index contributed by atoms with van der Waals surface area (Å²) in [4.78, 5) is 10.8. The van der Waals surface area contributed by atoms with Crippen LogP contribution in [0.4, 0.5) is 0 Å². The second kappa shape index (κ2) is 5.19. The van der Waals surface area contributed by atoms with Crippen LogP contribution in [0.15, 0.2) is 18.2 Å². The zero-order valence-electron chi connectivity index (χ0n) is 10.4. The van der Waals surface area contributed by atoms with E-state index in [9.17, 15) is 9.90 Å². The van der Waals surface area contributed by atoms with Gasteiger partial charge in [-0.15, -0.1) is 0 Å². The predicted molar refractivity (Wildman–Crippen MR) is 64.5 cm³/mol. The molecule has 1 aromatic carbocycles. The number of aryl methyl sites for hydroxylation is 1. The molecule has 0 saturated carbocycles. The topological polar surface area (TPSA) is 66.8 Å². The number of carboxylic acid groups (broad SMARTS) is 1. The molecule has 4 nitrogen and oxygen atoms in total. The van der Waals surface area contributed by atoms with Crippen LogP contribution < -0.4 is 4.74 Å². The van der Waals surface area contributed by atoms with Crippen molar-refractivity contribution in [2.45, 2.75) is 32.8 Å². The molecule has 0 bridgehead atoms. The van der Waals surface area contributed by atoms with Gasteiger partial charge in [-0.3, -0.25) is 0 Å². The third-order valence-electron chi connectivity index (χ3n) is 2.74. The van der Waals surface area contributed by atoms with Gasteiger partial charge in [-0.25, -0.2) is 4.79 Å². The van der Waals surface area contributed by atoms with Gasteiger partial charge in [-0.1, -0.05) is 6.92 Å². The van der Waals surface area contributed by atoms with E-state index >= 15 is 0 Å². The van der Waals surface area contributed by atoms with Crippen LogP contribution in [0.3, 0.4) is 0 Å². The van der Waals surface area contributed by atoms with Crippen molar-refractivity contribution >= 4 is 5.97 Å². The van der Waals surface area contributed by atoms with Crippen LogP contribution >= 0.6 is 0 Å². The van der Waals surface area contributed by atoms with Gasteiger partial charge in [-0.2, -0.15) is 0 Å². The third-order valence-corrected chi connectivity index (χ3v) is 2.74. The lowest BCUT2D eigenvalue weighted by Crippen LogP contribution is -2.31. The molecule has 1 unspecified atom stereocenters. The van der Waals surface area contributed by atoms with E-state index in [1.807, 2.05) is 6.92 Å². The van der Waals surface area contributed by atoms with E-state index < -0.39 is 11.6 Å². The molecule has 0 amide bonds. The minimum absolute atomic E-state index is 0.190. The maximum Gasteiger partial charge on any atom is 0.335 e. The van der Waals surface area contributed by atoms with E-state index in [0.29, 0.717) is 17.7 Å². The molecule has 0 spiro atoms. The minimum Gasteiger partial charge on any atom is -0.491 e. The molecule has 1 atom stereocenters. The fourth-order valence-corrected chi connectivity index (χ4v) is 1.31. The predicted octanol–water partition coefficient (Wildman–Crippen LogP) is 2.23. The molecular weight excluding hydrogens is 220 g/mol. The first kappa shape index (κ1) is 13.5. The summed E-state index contributed by atoms with van der Waals surface area (Å²) in [5.41, 5.74) is 0.0464. The zero-order chi connectivity index (χ0) is 13.1. The highest BCUT2D eigenvalue weighted by molar-refractivity contribution is 5.89. The molecule has 1 aromatic rings. The van der Waals surface area contributed by atoms with Crippen LogP contribution in [0, 0.1) is 6.92 Å². The highest BCUT2D eigenvalue weighted by atomic mass is 16.5. The monoisotopic (exact) mass is 238 g/mol. The number of carboxylic acids is 1. The van der Waals surface area contributed by atoms with Crippen LogP contribution in [-0.4, -0.2) is 28.4 Å². The number of hydrogen-bond donors (Lipinski definition) is 2. The van der Waals surface area contributed by atoms with Gasteiger partial charge in [-0.05, 0) is 44.0 Å². The molecule has 0 aliphatic rings. The largest absolute Gasteiger partial charge is 0.491 e. The number of hydrogen-bond acceptors (Lipinski definition) is 3.